The molecule has 0 unspecified atom stereocenters. The molecule has 0 heterocycles. The van der Waals surface area contributed by atoms with E-state index in [1.165, 1.54) is 12.1 Å². The van der Waals surface area contributed by atoms with Crippen LogP contribution in [-0.2, 0) is 6.54 Å². The number of aromatic carboxylic acids is 1. The summed E-state index contributed by atoms with van der Waals surface area (Å²) in [6.45, 7) is 2.77. The molecule has 0 radical (unpaired) electrons. The van der Waals surface area contributed by atoms with Gasteiger partial charge in [0.25, 0.3) is 0 Å². The largest absolute Gasteiger partial charge is 0.494 e. The molecule has 5 heteroatoms. The first-order valence-corrected chi connectivity index (χ1v) is 6.59. The number of rotatable bonds is 6. The Kier molecular flexibility index (Phi) is 4.77. The summed E-state index contributed by atoms with van der Waals surface area (Å²) in [4.78, 5) is 10.9. The molecular formula is C16H16FNO3. The fraction of sp³-hybridized carbons (Fsp3) is 0.188. The average Bonchev–Trinajstić information content (AvgIpc) is 2.48. The summed E-state index contributed by atoms with van der Waals surface area (Å²) in [5.41, 5.74) is 1.07. The van der Waals surface area contributed by atoms with E-state index in [1.807, 2.05) is 31.2 Å². The van der Waals surface area contributed by atoms with Crippen molar-refractivity contribution in [2.24, 2.45) is 0 Å². The summed E-state index contributed by atoms with van der Waals surface area (Å²) in [7, 11) is 0. The topological polar surface area (TPSA) is 58.6 Å². The van der Waals surface area contributed by atoms with Crippen LogP contribution in [0.15, 0.2) is 42.5 Å². The minimum Gasteiger partial charge on any atom is -0.494 e. The number of carboxylic acid groups (broad SMARTS) is 1. The average molecular weight is 289 g/mol. The molecule has 2 rings (SSSR count). The van der Waals surface area contributed by atoms with Crippen LogP contribution in [0.25, 0.3) is 0 Å². The highest BCUT2D eigenvalue weighted by molar-refractivity contribution is 5.88. The summed E-state index contributed by atoms with van der Waals surface area (Å²) < 4.78 is 19.2. The number of carboxylic acids is 1. The number of anilines is 1. The van der Waals surface area contributed by atoms with Gasteiger partial charge in [-0.2, -0.15) is 0 Å². The lowest BCUT2D eigenvalue weighted by Gasteiger charge is -2.12. The molecule has 0 aliphatic carbocycles. The van der Waals surface area contributed by atoms with E-state index in [4.69, 9.17) is 9.84 Å². The molecule has 2 N–H and O–H groups in total. The molecule has 2 aromatic carbocycles. The Hall–Kier alpha value is -2.56. The van der Waals surface area contributed by atoms with Gasteiger partial charge in [-0.15, -0.1) is 0 Å². The second kappa shape index (κ2) is 6.74. The molecule has 21 heavy (non-hydrogen) atoms. The van der Waals surface area contributed by atoms with Gasteiger partial charge in [-0.05, 0) is 31.2 Å². The molecule has 0 saturated heterocycles. The van der Waals surface area contributed by atoms with Gasteiger partial charge in [0, 0.05) is 12.1 Å². The normalized spacial score (nSPS) is 10.2. The number of halogens is 1. The van der Waals surface area contributed by atoms with E-state index in [2.05, 4.69) is 5.32 Å². The van der Waals surface area contributed by atoms with Crippen molar-refractivity contribution in [2.75, 3.05) is 11.9 Å². The molecule has 0 aliphatic heterocycles. The van der Waals surface area contributed by atoms with Gasteiger partial charge in [0.2, 0.25) is 0 Å². The van der Waals surface area contributed by atoms with Crippen molar-refractivity contribution in [1.82, 2.24) is 0 Å². The zero-order chi connectivity index (χ0) is 15.2. The fourth-order valence-electron chi connectivity index (χ4n) is 1.93. The highest BCUT2D eigenvalue weighted by atomic mass is 19.1. The smallest absolute Gasteiger partial charge is 0.335 e. The number of nitrogens with one attached hydrogen (secondary N) is 1. The summed E-state index contributed by atoms with van der Waals surface area (Å²) >= 11 is 0. The van der Waals surface area contributed by atoms with Crippen molar-refractivity contribution in [1.29, 1.82) is 0 Å². The van der Waals surface area contributed by atoms with Gasteiger partial charge in [0.1, 0.15) is 11.6 Å². The Balaban J connectivity index is 2.16. The van der Waals surface area contributed by atoms with E-state index in [0.29, 0.717) is 13.2 Å². The van der Waals surface area contributed by atoms with Crippen molar-refractivity contribution in [3.05, 3.63) is 59.4 Å². The quantitative estimate of drug-likeness (QED) is 0.854. The van der Waals surface area contributed by atoms with E-state index >= 15 is 0 Å². The van der Waals surface area contributed by atoms with Gasteiger partial charge in [-0.3, -0.25) is 0 Å². The summed E-state index contributed by atoms with van der Waals surface area (Å²) in [6, 6.07) is 11.1. The fourth-order valence-corrected chi connectivity index (χ4v) is 1.93. The first-order valence-electron chi connectivity index (χ1n) is 6.59. The minimum atomic E-state index is -1.09. The van der Waals surface area contributed by atoms with Crippen LogP contribution in [0, 0.1) is 5.82 Å². The van der Waals surface area contributed by atoms with Crippen LogP contribution in [0.3, 0.4) is 0 Å². The maximum Gasteiger partial charge on any atom is 0.335 e. The second-order valence-electron chi connectivity index (χ2n) is 4.39. The van der Waals surface area contributed by atoms with Crippen LogP contribution in [0.1, 0.15) is 22.8 Å². The molecular weight excluding hydrogens is 273 g/mol. The van der Waals surface area contributed by atoms with Crippen molar-refractivity contribution >= 4 is 11.7 Å². The van der Waals surface area contributed by atoms with Crippen molar-refractivity contribution < 1.29 is 19.0 Å². The third-order valence-corrected chi connectivity index (χ3v) is 2.96. The van der Waals surface area contributed by atoms with E-state index in [-0.39, 0.29) is 11.3 Å². The maximum atomic E-state index is 13.7. The third-order valence-electron chi connectivity index (χ3n) is 2.96. The Morgan fingerprint density at radius 3 is 2.76 bits per heavy atom. The van der Waals surface area contributed by atoms with Gasteiger partial charge in [0.15, 0.2) is 0 Å². The van der Waals surface area contributed by atoms with Crippen LogP contribution in [-0.4, -0.2) is 17.7 Å². The van der Waals surface area contributed by atoms with E-state index < -0.39 is 11.8 Å². The first-order chi connectivity index (χ1) is 10.1. The van der Waals surface area contributed by atoms with Crippen molar-refractivity contribution in [3.63, 3.8) is 0 Å². The third kappa shape index (κ3) is 3.72. The molecule has 2 aromatic rings. The van der Waals surface area contributed by atoms with Crippen molar-refractivity contribution in [3.8, 4) is 5.75 Å². The summed E-state index contributed by atoms with van der Waals surface area (Å²) in [6.07, 6.45) is 0. The van der Waals surface area contributed by atoms with Gasteiger partial charge in [-0.25, -0.2) is 9.18 Å². The number of carbonyl (C=O) groups is 1. The zero-order valence-corrected chi connectivity index (χ0v) is 11.6. The van der Waals surface area contributed by atoms with Gasteiger partial charge >= 0.3 is 5.97 Å². The molecule has 110 valence electrons. The predicted molar refractivity (Wildman–Crippen MR) is 78.3 cm³/mol. The van der Waals surface area contributed by atoms with Crippen LogP contribution < -0.4 is 10.1 Å². The highest BCUT2D eigenvalue weighted by Crippen LogP contribution is 2.21. The maximum absolute atomic E-state index is 13.7. The number of benzene rings is 2. The predicted octanol–water partition coefficient (Wildman–Crippen LogP) is 3.53. The van der Waals surface area contributed by atoms with Crippen LogP contribution in [0.5, 0.6) is 5.75 Å². The summed E-state index contributed by atoms with van der Waals surface area (Å²) in [5, 5.41) is 11.8. The number of ether oxygens (including phenoxy) is 1. The molecule has 0 amide bonds. The van der Waals surface area contributed by atoms with E-state index in [9.17, 15) is 9.18 Å². The van der Waals surface area contributed by atoms with Crippen LogP contribution in [0.4, 0.5) is 10.1 Å². The van der Waals surface area contributed by atoms with Gasteiger partial charge in [-0.1, -0.05) is 18.2 Å². The molecule has 0 spiro atoms. The second-order valence-corrected chi connectivity index (χ2v) is 4.39. The first kappa shape index (κ1) is 14.8. The minimum absolute atomic E-state index is 0.0389. The monoisotopic (exact) mass is 289 g/mol. The summed E-state index contributed by atoms with van der Waals surface area (Å²) in [5.74, 6) is -0.857. The van der Waals surface area contributed by atoms with E-state index in [0.717, 1.165) is 17.4 Å². The lowest BCUT2D eigenvalue weighted by molar-refractivity contribution is 0.0697. The SMILES string of the molecule is CCOc1ccccc1CNc1cc(C(=O)O)ccc1F. The van der Waals surface area contributed by atoms with Gasteiger partial charge < -0.3 is 15.2 Å². The molecule has 0 saturated carbocycles. The Labute approximate surface area is 122 Å². The molecule has 0 fully saturated rings. The Morgan fingerprint density at radius 2 is 2.05 bits per heavy atom. The molecule has 0 aliphatic rings. The number of para-hydroxylation sites is 1. The van der Waals surface area contributed by atoms with Crippen LogP contribution in [0.2, 0.25) is 0 Å². The van der Waals surface area contributed by atoms with E-state index in [1.54, 1.807) is 0 Å². The lowest BCUT2D eigenvalue weighted by atomic mass is 10.1. The lowest BCUT2D eigenvalue weighted by Crippen LogP contribution is -2.06. The standard InChI is InChI=1S/C16H16FNO3/c1-2-21-15-6-4-3-5-12(15)10-18-14-9-11(16(19)20)7-8-13(14)17/h3-9,18H,2,10H2,1H3,(H,19,20). The molecule has 4 nitrogen and oxygen atoms in total. The molecule has 0 aromatic heterocycles. The zero-order valence-electron chi connectivity index (χ0n) is 11.6. The number of hydrogen-bond acceptors (Lipinski definition) is 3. The molecule has 0 atom stereocenters. The molecule has 0 bridgehead atoms. The Morgan fingerprint density at radius 1 is 1.29 bits per heavy atom. The van der Waals surface area contributed by atoms with Crippen LogP contribution >= 0.6 is 0 Å². The Bertz CT molecular complexity index is 643. The van der Waals surface area contributed by atoms with Crippen molar-refractivity contribution in [2.45, 2.75) is 13.5 Å². The highest BCUT2D eigenvalue weighted by Gasteiger charge is 2.09. The number of hydrogen-bond donors (Lipinski definition) is 2. The van der Waals surface area contributed by atoms with Gasteiger partial charge in [0.05, 0.1) is 17.9 Å².